The summed E-state index contributed by atoms with van der Waals surface area (Å²) in [5.41, 5.74) is 1.71. The van der Waals surface area contributed by atoms with Crippen LogP contribution in [-0.4, -0.2) is 49.6 Å². The van der Waals surface area contributed by atoms with Gasteiger partial charge in [0, 0.05) is 23.4 Å². The number of rotatable bonds is 5. The number of amides is 4. The van der Waals surface area contributed by atoms with Crippen LogP contribution in [0.4, 0.5) is 0 Å². The van der Waals surface area contributed by atoms with E-state index in [-0.39, 0.29) is 36.9 Å². The summed E-state index contributed by atoms with van der Waals surface area (Å²) in [6, 6.07) is 9.24. The van der Waals surface area contributed by atoms with Gasteiger partial charge in [0.25, 0.3) is 11.8 Å². The number of hydrogen-bond donors (Lipinski definition) is 2. The lowest BCUT2D eigenvalue weighted by Crippen LogP contribution is -2.52. The Bertz CT molecular complexity index is 1360. The number of aromatic nitrogens is 3. The summed E-state index contributed by atoms with van der Waals surface area (Å²) in [6.45, 7) is 0.268. The molecule has 11 nitrogen and oxygen atoms in total. The van der Waals surface area contributed by atoms with E-state index in [0.29, 0.717) is 16.1 Å². The van der Waals surface area contributed by atoms with Crippen molar-refractivity contribution in [3.05, 3.63) is 63.6 Å². The topological polar surface area (TPSA) is 150 Å². The third kappa shape index (κ3) is 3.82. The van der Waals surface area contributed by atoms with Gasteiger partial charge in [0.05, 0.1) is 18.0 Å². The lowest BCUT2D eigenvalue weighted by molar-refractivity contribution is -0.136. The maximum Gasteiger partial charge on any atom is 0.274 e. The Morgan fingerprint density at radius 1 is 1.29 bits per heavy atom. The van der Waals surface area contributed by atoms with Crippen LogP contribution in [0.15, 0.2) is 41.9 Å². The zero-order chi connectivity index (χ0) is 23.8. The molecule has 4 heterocycles. The largest absolute Gasteiger partial charge is 0.330 e. The number of nitrogens with one attached hydrogen (secondary N) is 2. The molecule has 0 bridgehead atoms. The first-order valence-corrected chi connectivity index (χ1v) is 11.3. The summed E-state index contributed by atoms with van der Waals surface area (Å²) in [6.07, 6.45) is 1.88. The number of carbonyl (C=O) groups is 4. The first kappa shape index (κ1) is 21.5. The molecule has 2 unspecified atom stereocenters. The van der Waals surface area contributed by atoms with E-state index in [4.69, 9.17) is 0 Å². The van der Waals surface area contributed by atoms with Crippen molar-refractivity contribution in [3.8, 4) is 11.8 Å². The molecule has 0 spiro atoms. The molecular weight excluding hydrogens is 458 g/mol. The van der Waals surface area contributed by atoms with Crippen LogP contribution in [0.3, 0.4) is 0 Å². The van der Waals surface area contributed by atoms with Gasteiger partial charge in [-0.05, 0) is 35.6 Å². The summed E-state index contributed by atoms with van der Waals surface area (Å²) < 4.78 is 1.36. The summed E-state index contributed by atoms with van der Waals surface area (Å²) in [5, 5.41) is 24.0. The Hall–Kier alpha value is -4.37. The van der Waals surface area contributed by atoms with Crippen LogP contribution in [-0.2, 0) is 16.1 Å². The smallest absolute Gasteiger partial charge is 0.274 e. The second-order valence-electron chi connectivity index (χ2n) is 7.84. The fourth-order valence-electron chi connectivity index (χ4n) is 4.01. The van der Waals surface area contributed by atoms with Crippen molar-refractivity contribution in [1.29, 1.82) is 5.26 Å². The molecule has 3 aromatic rings. The van der Waals surface area contributed by atoms with E-state index in [1.54, 1.807) is 30.3 Å². The normalized spacial score (nSPS) is 18.3. The SMILES string of the molecule is N#CC(NC(=O)c1cn(-c2ccc3c(c2)C(=O)N(C2CCC(=O)NC2=O)C3)nn1)c1cccs1. The van der Waals surface area contributed by atoms with Crippen molar-refractivity contribution < 1.29 is 19.2 Å². The minimum absolute atomic E-state index is 0.0220. The molecule has 2 aromatic heterocycles. The van der Waals surface area contributed by atoms with E-state index in [9.17, 15) is 24.4 Å². The van der Waals surface area contributed by atoms with Gasteiger partial charge in [0.1, 0.15) is 6.04 Å². The molecule has 170 valence electrons. The second kappa shape index (κ2) is 8.53. The van der Waals surface area contributed by atoms with Crippen molar-refractivity contribution in [3.63, 3.8) is 0 Å². The van der Waals surface area contributed by atoms with Gasteiger partial charge in [-0.2, -0.15) is 5.26 Å². The molecule has 34 heavy (non-hydrogen) atoms. The maximum atomic E-state index is 13.0. The third-order valence-electron chi connectivity index (χ3n) is 5.73. The van der Waals surface area contributed by atoms with Crippen LogP contribution in [0.2, 0.25) is 0 Å². The summed E-state index contributed by atoms with van der Waals surface area (Å²) in [7, 11) is 0. The van der Waals surface area contributed by atoms with Crippen molar-refractivity contribution >= 4 is 35.0 Å². The predicted molar refractivity (Wildman–Crippen MR) is 118 cm³/mol. The van der Waals surface area contributed by atoms with Gasteiger partial charge < -0.3 is 10.2 Å². The first-order valence-electron chi connectivity index (χ1n) is 10.4. The zero-order valence-electron chi connectivity index (χ0n) is 17.6. The molecule has 4 amide bonds. The van der Waals surface area contributed by atoms with Gasteiger partial charge in [0.2, 0.25) is 11.8 Å². The molecule has 0 aliphatic carbocycles. The Morgan fingerprint density at radius 2 is 2.15 bits per heavy atom. The highest BCUT2D eigenvalue weighted by Crippen LogP contribution is 2.29. The van der Waals surface area contributed by atoms with Crippen LogP contribution in [0.1, 0.15) is 50.2 Å². The van der Waals surface area contributed by atoms with Crippen LogP contribution in [0.5, 0.6) is 0 Å². The highest BCUT2D eigenvalue weighted by Gasteiger charge is 2.39. The standard InChI is InChI=1S/C22H17N7O4S/c23-9-15(18-2-1-7-34-18)24-20(31)16-11-29(27-26-16)13-4-3-12-10-28(22(33)14(12)8-13)17-5-6-19(30)25-21(17)32/h1-4,7-8,11,15,17H,5-6,10H2,(H,24,31)(H,25,30,32). The van der Waals surface area contributed by atoms with Gasteiger partial charge >= 0.3 is 0 Å². The van der Waals surface area contributed by atoms with E-state index < -0.39 is 23.9 Å². The minimum atomic E-state index is -0.798. The van der Waals surface area contributed by atoms with Crippen molar-refractivity contribution in [2.75, 3.05) is 0 Å². The Labute approximate surface area is 197 Å². The van der Waals surface area contributed by atoms with Gasteiger partial charge in [-0.3, -0.25) is 24.5 Å². The Morgan fingerprint density at radius 3 is 2.88 bits per heavy atom. The van der Waals surface area contributed by atoms with Crippen LogP contribution in [0.25, 0.3) is 5.69 Å². The molecule has 1 fully saturated rings. The van der Waals surface area contributed by atoms with E-state index >= 15 is 0 Å². The van der Waals surface area contributed by atoms with E-state index in [1.165, 1.54) is 27.1 Å². The lowest BCUT2D eigenvalue weighted by Gasteiger charge is -2.29. The fraction of sp³-hybridized carbons (Fsp3) is 0.227. The molecule has 2 aliphatic rings. The number of imide groups is 1. The Balaban J connectivity index is 1.33. The maximum absolute atomic E-state index is 13.0. The van der Waals surface area contributed by atoms with Gasteiger partial charge in [-0.15, -0.1) is 16.4 Å². The number of piperidine rings is 1. The quantitative estimate of drug-likeness (QED) is 0.524. The monoisotopic (exact) mass is 475 g/mol. The Kier molecular flexibility index (Phi) is 5.39. The minimum Gasteiger partial charge on any atom is -0.330 e. The van der Waals surface area contributed by atoms with Crippen molar-refractivity contribution in [1.82, 2.24) is 30.5 Å². The average molecular weight is 475 g/mol. The second-order valence-corrected chi connectivity index (χ2v) is 8.82. The molecule has 2 N–H and O–H groups in total. The number of nitriles is 1. The molecule has 0 radical (unpaired) electrons. The van der Waals surface area contributed by atoms with Gasteiger partial charge in [-0.25, -0.2) is 4.68 Å². The molecule has 2 atom stereocenters. The number of thiophene rings is 1. The summed E-state index contributed by atoms with van der Waals surface area (Å²) in [5.74, 6) is -1.66. The number of fused-ring (bicyclic) bond motifs is 1. The lowest BCUT2D eigenvalue weighted by atomic mass is 10.0. The van der Waals surface area contributed by atoms with E-state index in [2.05, 4.69) is 20.9 Å². The number of nitrogens with zero attached hydrogens (tertiary/aromatic N) is 5. The van der Waals surface area contributed by atoms with Crippen LogP contribution >= 0.6 is 11.3 Å². The number of hydrogen-bond acceptors (Lipinski definition) is 8. The highest BCUT2D eigenvalue weighted by molar-refractivity contribution is 7.10. The summed E-state index contributed by atoms with van der Waals surface area (Å²) in [4.78, 5) is 51.4. The van der Waals surface area contributed by atoms with Gasteiger partial charge in [0.15, 0.2) is 11.7 Å². The third-order valence-corrected chi connectivity index (χ3v) is 6.67. The number of benzene rings is 1. The van der Waals surface area contributed by atoms with Gasteiger partial charge in [-0.1, -0.05) is 17.3 Å². The molecular formula is C22H17N7O4S. The molecule has 0 saturated carbocycles. The molecule has 1 aromatic carbocycles. The fourth-order valence-corrected chi connectivity index (χ4v) is 4.73. The van der Waals surface area contributed by atoms with E-state index in [1.807, 2.05) is 11.4 Å². The van der Waals surface area contributed by atoms with E-state index in [0.717, 1.165) is 5.56 Å². The predicted octanol–water partition coefficient (Wildman–Crippen LogP) is 1.08. The first-order chi connectivity index (χ1) is 16.4. The molecule has 2 aliphatic heterocycles. The summed E-state index contributed by atoms with van der Waals surface area (Å²) >= 11 is 1.36. The average Bonchev–Trinajstić information content (AvgIpc) is 3.58. The number of carbonyl (C=O) groups excluding carboxylic acids is 4. The van der Waals surface area contributed by atoms with Crippen molar-refractivity contribution in [2.24, 2.45) is 0 Å². The van der Waals surface area contributed by atoms with Crippen LogP contribution < -0.4 is 10.6 Å². The van der Waals surface area contributed by atoms with Crippen molar-refractivity contribution in [2.45, 2.75) is 31.5 Å². The molecule has 1 saturated heterocycles. The molecule has 12 heteroatoms. The highest BCUT2D eigenvalue weighted by atomic mass is 32.1. The zero-order valence-corrected chi connectivity index (χ0v) is 18.4. The molecule has 5 rings (SSSR count). The van der Waals surface area contributed by atoms with Crippen LogP contribution in [0, 0.1) is 11.3 Å².